The maximum absolute atomic E-state index is 12.6. The Morgan fingerprint density at radius 2 is 1.92 bits per heavy atom. The molecule has 0 radical (unpaired) electrons. The SMILES string of the molecule is CC(C)OC(=O)Cc1cc(C(=O)c2ccco2)sc1-c1ccc(Cl)cc1. The minimum Gasteiger partial charge on any atom is -0.463 e. The van der Waals surface area contributed by atoms with Gasteiger partial charge in [-0.1, -0.05) is 23.7 Å². The quantitative estimate of drug-likeness (QED) is 0.419. The Bertz CT molecular complexity index is 908. The minimum absolute atomic E-state index is 0.0953. The van der Waals surface area contributed by atoms with Crippen LogP contribution in [0.3, 0.4) is 0 Å². The summed E-state index contributed by atoms with van der Waals surface area (Å²) >= 11 is 7.29. The Labute approximate surface area is 160 Å². The van der Waals surface area contributed by atoms with Gasteiger partial charge in [-0.2, -0.15) is 0 Å². The number of furan rings is 1. The van der Waals surface area contributed by atoms with Crippen LogP contribution in [-0.4, -0.2) is 17.9 Å². The second-order valence-corrected chi connectivity index (χ2v) is 7.48. The number of carbonyl (C=O) groups is 2. The summed E-state index contributed by atoms with van der Waals surface area (Å²) in [6.45, 7) is 3.61. The molecule has 4 nitrogen and oxygen atoms in total. The number of ketones is 1. The van der Waals surface area contributed by atoms with Gasteiger partial charge in [0.05, 0.1) is 23.7 Å². The van der Waals surface area contributed by atoms with Crippen molar-refractivity contribution in [3.8, 4) is 10.4 Å². The average Bonchev–Trinajstić information content (AvgIpc) is 3.24. The first-order valence-corrected chi connectivity index (χ1v) is 9.30. The largest absolute Gasteiger partial charge is 0.463 e. The number of ether oxygens (including phenoxy) is 1. The first-order valence-electron chi connectivity index (χ1n) is 8.10. The van der Waals surface area contributed by atoms with Gasteiger partial charge in [0.15, 0.2) is 5.76 Å². The van der Waals surface area contributed by atoms with Gasteiger partial charge in [0, 0.05) is 9.90 Å². The highest BCUT2D eigenvalue weighted by Gasteiger charge is 2.21. The van der Waals surface area contributed by atoms with Gasteiger partial charge in [-0.05, 0) is 55.3 Å². The van der Waals surface area contributed by atoms with Gasteiger partial charge in [-0.3, -0.25) is 9.59 Å². The molecule has 2 aromatic heterocycles. The zero-order chi connectivity index (χ0) is 18.7. The van der Waals surface area contributed by atoms with E-state index in [2.05, 4.69) is 0 Å². The summed E-state index contributed by atoms with van der Waals surface area (Å²) in [6, 6.07) is 12.3. The Kier molecular flexibility index (Phi) is 5.59. The number of benzene rings is 1. The van der Waals surface area contributed by atoms with Crippen molar-refractivity contribution in [3.63, 3.8) is 0 Å². The van der Waals surface area contributed by atoms with Crippen LogP contribution in [0.5, 0.6) is 0 Å². The van der Waals surface area contributed by atoms with E-state index >= 15 is 0 Å². The molecule has 0 saturated heterocycles. The van der Waals surface area contributed by atoms with Gasteiger partial charge in [0.2, 0.25) is 5.78 Å². The summed E-state index contributed by atoms with van der Waals surface area (Å²) in [5.74, 6) is -0.270. The number of hydrogen-bond acceptors (Lipinski definition) is 5. The van der Waals surface area contributed by atoms with Crippen molar-refractivity contribution < 1.29 is 18.7 Å². The van der Waals surface area contributed by atoms with Crippen LogP contribution in [0.4, 0.5) is 0 Å². The van der Waals surface area contributed by atoms with E-state index in [0.717, 1.165) is 16.0 Å². The number of halogens is 1. The zero-order valence-corrected chi connectivity index (χ0v) is 15.9. The van der Waals surface area contributed by atoms with E-state index in [1.807, 2.05) is 12.1 Å². The highest BCUT2D eigenvalue weighted by atomic mass is 35.5. The lowest BCUT2D eigenvalue weighted by molar-refractivity contribution is -0.146. The summed E-state index contributed by atoms with van der Waals surface area (Å²) < 4.78 is 10.4. The lowest BCUT2D eigenvalue weighted by Gasteiger charge is -2.08. The molecule has 6 heteroatoms. The van der Waals surface area contributed by atoms with E-state index in [-0.39, 0.29) is 30.0 Å². The fourth-order valence-corrected chi connectivity index (χ4v) is 3.76. The van der Waals surface area contributed by atoms with Crippen molar-refractivity contribution in [3.05, 3.63) is 70.0 Å². The molecule has 1 aromatic carbocycles. The number of hydrogen-bond donors (Lipinski definition) is 0. The Hall–Kier alpha value is -2.37. The Balaban J connectivity index is 1.98. The molecule has 0 bridgehead atoms. The van der Waals surface area contributed by atoms with Crippen molar-refractivity contribution in [2.45, 2.75) is 26.4 Å². The third-order valence-corrected chi connectivity index (χ3v) is 5.06. The van der Waals surface area contributed by atoms with Crippen molar-refractivity contribution in [2.24, 2.45) is 0 Å². The van der Waals surface area contributed by atoms with Crippen LogP contribution in [-0.2, 0) is 16.0 Å². The Morgan fingerprint density at radius 3 is 2.54 bits per heavy atom. The monoisotopic (exact) mass is 388 g/mol. The van der Waals surface area contributed by atoms with Crippen LogP contribution < -0.4 is 0 Å². The van der Waals surface area contributed by atoms with Gasteiger partial charge in [-0.15, -0.1) is 11.3 Å². The zero-order valence-electron chi connectivity index (χ0n) is 14.3. The summed E-state index contributed by atoms with van der Waals surface area (Å²) in [5.41, 5.74) is 1.64. The molecule has 0 aliphatic carbocycles. The molecule has 0 spiro atoms. The average molecular weight is 389 g/mol. The summed E-state index contributed by atoms with van der Waals surface area (Å²) in [4.78, 5) is 26.1. The van der Waals surface area contributed by atoms with Crippen LogP contribution in [0.25, 0.3) is 10.4 Å². The second kappa shape index (κ2) is 7.89. The van der Waals surface area contributed by atoms with Crippen LogP contribution in [0.2, 0.25) is 5.02 Å². The third kappa shape index (κ3) is 4.23. The third-order valence-electron chi connectivity index (χ3n) is 3.59. The van der Waals surface area contributed by atoms with E-state index < -0.39 is 0 Å². The van der Waals surface area contributed by atoms with E-state index in [1.54, 1.807) is 44.2 Å². The van der Waals surface area contributed by atoms with Gasteiger partial charge in [-0.25, -0.2) is 0 Å². The fourth-order valence-electron chi connectivity index (χ4n) is 2.51. The van der Waals surface area contributed by atoms with Gasteiger partial charge >= 0.3 is 5.97 Å². The predicted molar refractivity (Wildman–Crippen MR) is 102 cm³/mol. The van der Waals surface area contributed by atoms with Crippen LogP contribution in [0, 0.1) is 0 Å². The lowest BCUT2D eigenvalue weighted by atomic mass is 10.1. The number of thiophene rings is 1. The van der Waals surface area contributed by atoms with Crippen molar-refractivity contribution in [1.29, 1.82) is 0 Å². The molecule has 0 unspecified atom stereocenters. The highest BCUT2D eigenvalue weighted by molar-refractivity contribution is 7.17. The topological polar surface area (TPSA) is 56.5 Å². The number of esters is 1. The molecule has 134 valence electrons. The standard InChI is InChI=1S/C20H17ClO4S/c1-12(2)25-18(22)11-14-10-17(19(23)16-4-3-9-24-16)26-20(14)13-5-7-15(21)8-6-13/h3-10,12H,11H2,1-2H3. The molecular formula is C20H17ClO4S. The first-order chi connectivity index (χ1) is 12.4. The van der Waals surface area contributed by atoms with Crippen molar-refractivity contribution in [2.75, 3.05) is 0 Å². The fraction of sp³-hybridized carbons (Fsp3) is 0.200. The Morgan fingerprint density at radius 1 is 1.19 bits per heavy atom. The molecule has 0 fully saturated rings. The molecule has 0 atom stereocenters. The number of rotatable bonds is 6. The molecule has 3 aromatic rings. The summed E-state index contributed by atoms with van der Waals surface area (Å²) in [7, 11) is 0. The van der Waals surface area contributed by atoms with Gasteiger partial charge in [0.25, 0.3) is 0 Å². The lowest BCUT2D eigenvalue weighted by Crippen LogP contribution is -2.13. The molecular weight excluding hydrogens is 372 g/mol. The van der Waals surface area contributed by atoms with E-state index in [0.29, 0.717) is 9.90 Å². The molecule has 0 aliphatic heterocycles. The van der Waals surface area contributed by atoms with E-state index in [1.165, 1.54) is 17.6 Å². The molecule has 0 amide bonds. The summed E-state index contributed by atoms with van der Waals surface area (Å²) in [5, 5.41) is 0.623. The maximum Gasteiger partial charge on any atom is 0.310 e. The van der Waals surface area contributed by atoms with Gasteiger partial charge in [0.1, 0.15) is 0 Å². The maximum atomic E-state index is 12.6. The van der Waals surface area contributed by atoms with E-state index in [9.17, 15) is 9.59 Å². The normalized spacial score (nSPS) is 10.9. The van der Waals surface area contributed by atoms with Crippen LogP contribution >= 0.6 is 22.9 Å². The van der Waals surface area contributed by atoms with Gasteiger partial charge < -0.3 is 9.15 Å². The highest BCUT2D eigenvalue weighted by Crippen LogP contribution is 2.35. The van der Waals surface area contributed by atoms with Crippen LogP contribution in [0.15, 0.2) is 53.1 Å². The molecule has 3 rings (SSSR count). The second-order valence-electron chi connectivity index (χ2n) is 5.99. The van der Waals surface area contributed by atoms with Crippen molar-refractivity contribution in [1.82, 2.24) is 0 Å². The molecule has 2 heterocycles. The van der Waals surface area contributed by atoms with Crippen LogP contribution in [0.1, 0.15) is 34.8 Å². The summed E-state index contributed by atoms with van der Waals surface area (Å²) in [6.07, 6.45) is 1.37. The number of carbonyl (C=O) groups excluding carboxylic acids is 2. The molecule has 0 aliphatic rings. The van der Waals surface area contributed by atoms with E-state index in [4.69, 9.17) is 20.8 Å². The van der Waals surface area contributed by atoms with Crippen molar-refractivity contribution >= 4 is 34.7 Å². The molecule has 26 heavy (non-hydrogen) atoms. The smallest absolute Gasteiger partial charge is 0.310 e. The first kappa shape index (κ1) is 18.4. The molecule has 0 N–H and O–H groups in total. The minimum atomic E-state index is -0.329. The molecule has 0 saturated carbocycles. The predicted octanol–water partition coefficient (Wildman–Crippen LogP) is 5.39.